The smallest absolute Gasteiger partial charge is 0.253 e. The fourth-order valence-corrected chi connectivity index (χ4v) is 2.27. The molecule has 1 aliphatic heterocycles. The number of ether oxygens (including phenoxy) is 1. The van der Waals surface area contributed by atoms with E-state index in [0.717, 1.165) is 23.9 Å². The molecule has 0 spiro atoms. The summed E-state index contributed by atoms with van der Waals surface area (Å²) in [6, 6.07) is 14.0. The van der Waals surface area contributed by atoms with Crippen LogP contribution in [0.25, 0.3) is 10.8 Å². The van der Waals surface area contributed by atoms with E-state index in [0.29, 0.717) is 6.61 Å². The fourth-order valence-electron chi connectivity index (χ4n) is 2.27. The number of nitrogens with one attached hydrogen (secondary N) is 1. The summed E-state index contributed by atoms with van der Waals surface area (Å²) in [5.74, 6) is -0.0391. The van der Waals surface area contributed by atoms with Crippen LogP contribution in [0.1, 0.15) is 12.8 Å². The molecule has 1 amide bonds. The quantitative estimate of drug-likeness (QED) is 0.877. The van der Waals surface area contributed by atoms with E-state index in [9.17, 15) is 4.79 Å². The first-order chi connectivity index (χ1) is 8.83. The Morgan fingerprint density at radius 1 is 1.17 bits per heavy atom. The Labute approximate surface area is 106 Å². The zero-order valence-corrected chi connectivity index (χ0v) is 10.1. The predicted octanol–water partition coefficient (Wildman–Crippen LogP) is 2.96. The Kier molecular flexibility index (Phi) is 2.99. The van der Waals surface area contributed by atoms with Gasteiger partial charge in [-0.05, 0) is 35.7 Å². The number of carbonyl (C=O) groups is 1. The topological polar surface area (TPSA) is 38.3 Å². The highest BCUT2D eigenvalue weighted by molar-refractivity contribution is 5.96. The van der Waals surface area contributed by atoms with Crippen molar-refractivity contribution in [3.05, 3.63) is 42.5 Å². The van der Waals surface area contributed by atoms with Gasteiger partial charge >= 0.3 is 0 Å². The Balaban J connectivity index is 1.79. The minimum atomic E-state index is -0.281. The van der Waals surface area contributed by atoms with Crippen molar-refractivity contribution < 1.29 is 9.53 Å². The molecule has 0 saturated carbocycles. The van der Waals surface area contributed by atoms with Gasteiger partial charge in [0.05, 0.1) is 0 Å². The van der Waals surface area contributed by atoms with Crippen LogP contribution >= 0.6 is 0 Å². The molecule has 1 aliphatic rings. The summed E-state index contributed by atoms with van der Waals surface area (Å²) in [4.78, 5) is 11.9. The maximum Gasteiger partial charge on any atom is 0.253 e. The minimum Gasteiger partial charge on any atom is -0.368 e. The van der Waals surface area contributed by atoms with E-state index in [-0.39, 0.29) is 12.0 Å². The van der Waals surface area contributed by atoms with E-state index in [4.69, 9.17) is 4.74 Å². The Hall–Kier alpha value is -1.87. The monoisotopic (exact) mass is 241 g/mol. The van der Waals surface area contributed by atoms with Crippen LogP contribution in [0.15, 0.2) is 42.5 Å². The number of rotatable bonds is 2. The van der Waals surface area contributed by atoms with E-state index < -0.39 is 0 Å². The summed E-state index contributed by atoms with van der Waals surface area (Å²) < 4.78 is 5.36. The van der Waals surface area contributed by atoms with Gasteiger partial charge in [-0.2, -0.15) is 0 Å². The van der Waals surface area contributed by atoms with Crippen molar-refractivity contribution in [3.63, 3.8) is 0 Å². The molecule has 3 nitrogen and oxygen atoms in total. The third-order valence-corrected chi connectivity index (χ3v) is 3.24. The van der Waals surface area contributed by atoms with Gasteiger partial charge in [-0.15, -0.1) is 0 Å². The molecule has 1 N–H and O–H groups in total. The van der Waals surface area contributed by atoms with E-state index in [1.165, 1.54) is 5.39 Å². The Bertz CT molecular complexity index is 573. The molecule has 0 aliphatic carbocycles. The molecule has 92 valence electrons. The Morgan fingerprint density at radius 3 is 2.78 bits per heavy atom. The standard InChI is InChI=1S/C15H15NO2/c17-15(14-6-3-9-18-14)16-13-8-7-11-4-1-2-5-12(11)10-13/h1-2,4-5,7-8,10,14H,3,6,9H2,(H,16,17)/t14-/m1/s1. The van der Waals surface area contributed by atoms with E-state index in [1.807, 2.05) is 36.4 Å². The lowest BCUT2D eigenvalue weighted by Crippen LogP contribution is -2.26. The van der Waals surface area contributed by atoms with Crippen LogP contribution in [0, 0.1) is 0 Å². The van der Waals surface area contributed by atoms with Gasteiger partial charge < -0.3 is 10.1 Å². The molecule has 3 heteroatoms. The van der Waals surface area contributed by atoms with E-state index in [2.05, 4.69) is 11.4 Å². The average Bonchev–Trinajstić information content (AvgIpc) is 2.92. The molecule has 0 bridgehead atoms. The number of hydrogen-bond donors (Lipinski definition) is 1. The molecular weight excluding hydrogens is 226 g/mol. The molecule has 3 rings (SSSR count). The van der Waals surface area contributed by atoms with E-state index in [1.54, 1.807) is 0 Å². The number of fused-ring (bicyclic) bond motifs is 1. The largest absolute Gasteiger partial charge is 0.368 e. The second-order valence-electron chi connectivity index (χ2n) is 4.55. The summed E-state index contributed by atoms with van der Waals surface area (Å²) in [5.41, 5.74) is 0.828. The number of benzene rings is 2. The van der Waals surface area contributed by atoms with Gasteiger partial charge in [-0.25, -0.2) is 0 Å². The van der Waals surface area contributed by atoms with Crippen LogP contribution in [-0.4, -0.2) is 18.6 Å². The lowest BCUT2D eigenvalue weighted by molar-refractivity contribution is -0.124. The van der Waals surface area contributed by atoms with Gasteiger partial charge in [-0.1, -0.05) is 30.3 Å². The van der Waals surface area contributed by atoms with Crippen molar-refractivity contribution in [1.29, 1.82) is 0 Å². The number of carbonyl (C=O) groups excluding carboxylic acids is 1. The molecule has 1 heterocycles. The zero-order chi connectivity index (χ0) is 12.4. The highest BCUT2D eigenvalue weighted by Crippen LogP contribution is 2.20. The minimum absolute atomic E-state index is 0.0391. The van der Waals surface area contributed by atoms with E-state index >= 15 is 0 Å². The molecule has 1 atom stereocenters. The number of hydrogen-bond acceptors (Lipinski definition) is 2. The van der Waals surface area contributed by atoms with Crippen LogP contribution in [0.5, 0.6) is 0 Å². The first-order valence-electron chi connectivity index (χ1n) is 6.24. The lowest BCUT2D eigenvalue weighted by Gasteiger charge is -2.10. The molecule has 2 aromatic rings. The summed E-state index contributed by atoms with van der Waals surface area (Å²) in [7, 11) is 0. The molecule has 1 fully saturated rings. The molecule has 1 saturated heterocycles. The van der Waals surface area contributed by atoms with Crippen molar-refractivity contribution in [1.82, 2.24) is 0 Å². The van der Waals surface area contributed by atoms with Crippen molar-refractivity contribution >= 4 is 22.4 Å². The van der Waals surface area contributed by atoms with Crippen LogP contribution < -0.4 is 5.32 Å². The first-order valence-corrected chi connectivity index (χ1v) is 6.24. The van der Waals surface area contributed by atoms with Crippen LogP contribution in [0.4, 0.5) is 5.69 Å². The van der Waals surface area contributed by atoms with Crippen molar-refractivity contribution in [2.75, 3.05) is 11.9 Å². The highest BCUT2D eigenvalue weighted by atomic mass is 16.5. The number of anilines is 1. The normalized spacial score (nSPS) is 19.0. The fraction of sp³-hybridized carbons (Fsp3) is 0.267. The molecule has 0 aromatic heterocycles. The maximum atomic E-state index is 11.9. The van der Waals surface area contributed by atoms with Gasteiger partial charge in [0.2, 0.25) is 0 Å². The first kappa shape index (κ1) is 11.2. The van der Waals surface area contributed by atoms with Crippen molar-refractivity contribution in [2.45, 2.75) is 18.9 Å². The average molecular weight is 241 g/mol. The van der Waals surface area contributed by atoms with Crippen molar-refractivity contribution in [3.8, 4) is 0 Å². The second kappa shape index (κ2) is 4.78. The SMILES string of the molecule is O=C(Nc1ccc2ccccc2c1)[C@H]1CCCO1. The second-order valence-corrected chi connectivity index (χ2v) is 4.55. The van der Waals surface area contributed by atoms with Gasteiger partial charge in [0.25, 0.3) is 5.91 Å². The molecular formula is C15H15NO2. The van der Waals surface area contributed by atoms with Gasteiger partial charge in [0, 0.05) is 12.3 Å². The summed E-state index contributed by atoms with van der Waals surface area (Å²) in [5, 5.41) is 5.21. The Morgan fingerprint density at radius 2 is 2.00 bits per heavy atom. The number of amides is 1. The predicted molar refractivity (Wildman–Crippen MR) is 71.6 cm³/mol. The van der Waals surface area contributed by atoms with Crippen molar-refractivity contribution in [2.24, 2.45) is 0 Å². The van der Waals surface area contributed by atoms with Crippen LogP contribution in [0.2, 0.25) is 0 Å². The summed E-state index contributed by atoms with van der Waals surface area (Å²) in [6.45, 7) is 0.690. The lowest BCUT2D eigenvalue weighted by atomic mass is 10.1. The maximum absolute atomic E-state index is 11.9. The summed E-state index contributed by atoms with van der Waals surface area (Å²) in [6.07, 6.45) is 1.51. The third-order valence-electron chi connectivity index (χ3n) is 3.24. The van der Waals surface area contributed by atoms with Crippen LogP contribution in [-0.2, 0) is 9.53 Å². The summed E-state index contributed by atoms with van der Waals surface area (Å²) >= 11 is 0. The van der Waals surface area contributed by atoms with Gasteiger partial charge in [-0.3, -0.25) is 4.79 Å². The molecule has 2 aromatic carbocycles. The molecule has 0 unspecified atom stereocenters. The highest BCUT2D eigenvalue weighted by Gasteiger charge is 2.23. The molecule has 0 radical (unpaired) electrons. The molecule has 18 heavy (non-hydrogen) atoms. The van der Waals surface area contributed by atoms with Gasteiger partial charge in [0.15, 0.2) is 0 Å². The third kappa shape index (κ3) is 2.22. The van der Waals surface area contributed by atoms with Gasteiger partial charge in [0.1, 0.15) is 6.10 Å². The zero-order valence-electron chi connectivity index (χ0n) is 10.1. The van der Waals surface area contributed by atoms with Crippen LogP contribution in [0.3, 0.4) is 0 Å².